The highest BCUT2D eigenvalue weighted by Gasteiger charge is 2.27. The van der Waals surface area contributed by atoms with Crippen LogP contribution in [0.5, 0.6) is 0 Å². The third kappa shape index (κ3) is 3.93. The highest BCUT2D eigenvalue weighted by atomic mass is 32.2. The molecule has 2 heterocycles. The smallest absolute Gasteiger partial charge is 0.263 e. The molecule has 0 aliphatic heterocycles. The molecule has 3 aromatic rings. The van der Waals surface area contributed by atoms with Crippen LogP contribution >= 0.6 is 23.1 Å². The number of hydrogen-bond donors (Lipinski definition) is 1. The molecule has 0 saturated heterocycles. The lowest BCUT2D eigenvalue weighted by atomic mass is 10.1. The summed E-state index contributed by atoms with van der Waals surface area (Å²) >= 11 is 2.93. The Morgan fingerprint density at radius 3 is 2.67 bits per heavy atom. The number of rotatable bonds is 6. The lowest BCUT2D eigenvalue weighted by molar-refractivity contribution is -0.117. The van der Waals surface area contributed by atoms with Gasteiger partial charge in [0.05, 0.1) is 5.39 Å². The maximum absolute atomic E-state index is 13.7. The predicted molar refractivity (Wildman–Crippen MR) is 124 cm³/mol. The topological polar surface area (TPSA) is 78.0 Å². The van der Waals surface area contributed by atoms with Crippen LogP contribution in [0.15, 0.2) is 40.3 Å². The van der Waals surface area contributed by atoms with Gasteiger partial charge in [0.2, 0.25) is 5.91 Å². The van der Waals surface area contributed by atoms with Gasteiger partial charge in [-0.1, -0.05) is 55.4 Å². The number of amides is 1. The summed E-state index contributed by atoms with van der Waals surface area (Å²) in [6.45, 7) is 4.10. The van der Waals surface area contributed by atoms with Crippen molar-refractivity contribution >= 4 is 39.2 Å². The van der Waals surface area contributed by atoms with Gasteiger partial charge in [0.1, 0.15) is 10.1 Å². The number of carbonyl (C=O) groups is 1. The first-order valence-electron chi connectivity index (χ1n) is 10.6. The van der Waals surface area contributed by atoms with Crippen molar-refractivity contribution in [3.05, 3.63) is 56.7 Å². The van der Waals surface area contributed by atoms with Crippen LogP contribution in [0.1, 0.15) is 66.8 Å². The van der Waals surface area contributed by atoms with E-state index in [9.17, 15) is 9.59 Å². The first kappa shape index (κ1) is 21.1. The van der Waals surface area contributed by atoms with Crippen LogP contribution in [0.2, 0.25) is 0 Å². The maximum atomic E-state index is 13.7. The van der Waals surface area contributed by atoms with Crippen molar-refractivity contribution in [2.75, 3.05) is 0 Å². The summed E-state index contributed by atoms with van der Waals surface area (Å²) < 4.78 is 1.78. The van der Waals surface area contributed by atoms with Crippen LogP contribution < -0.4 is 11.3 Å². The largest absolute Gasteiger partial charge is 0.368 e. The van der Waals surface area contributed by atoms with Crippen molar-refractivity contribution in [2.24, 2.45) is 5.73 Å². The van der Waals surface area contributed by atoms with Gasteiger partial charge in [-0.3, -0.25) is 14.2 Å². The minimum absolute atomic E-state index is 0.0115. The molecule has 5 nitrogen and oxygen atoms in total. The summed E-state index contributed by atoms with van der Waals surface area (Å²) in [6, 6.07) is 9.45. The molecule has 1 aliphatic carbocycles. The summed E-state index contributed by atoms with van der Waals surface area (Å²) in [5.74, 6) is -0.432. The fourth-order valence-electron chi connectivity index (χ4n) is 4.05. The average Bonchev–Trinajstić information content (AvgIpc) is 2.93. The van der Waals surface area contributed by atoms with Crippen LogP contribution in [0.3, 0.4) is 0 Å². The fraction of sp³-hybridized carbons (Fsp3) is 0.435. The Morgan fingerprint density at radius 2 is 1.97 bits per heavy atom. The highest BCUT2D eigenvalue weighted by Crippen LogP contribution is 2.38. The molecule has 1 aromatic carbocycles. The molecule has 4 rings (SSSR count). The number of thiophene rings is 1. The van der Waals surface area contributed by atoms with Crippen LogP contribution in [0.4, 0.5) is 0 Å². The molecule has 0 fully saturated rings. The highest BCUT2D eigenvalue weighted by molar-refractivity contribution is 8.00. The molecule has 0 unspecified atom stereocenters. The van der Waals surface area contributed by atoms with Crippen LogP contribution in [-0.4, -0.2) is 15.5 Å². The van der Waals surface area contributed by atoms with Gasteiger partial charge in [-0.25, -0.2) is 4.98 Å². The normalized spacial score (nSPS) is 16.1. The first-order valence-corrected chi connectivity index (χ1v) is 12.3. The van der Waals surface area contributed by atoms with E-state index in [1.54, 1.807) is 15.9 Å². The van der Waals surface area contributed by atoms with Crippen molar-refractivity contribution < 1.29 is 4.79 Å². The lowest BCUT2D eigenvalue weighted by Crippen LogP contribution is -2.27. The van der Waals surface area contributed by atoms with Crippen molar-refractivity contribution in [3.8, 4) is 0 Å². The number of nitrogens with two attached hydrogens (primary N) is 1. The number of fused-ring (bicyclic) bond motifs is 3. The quantitative estimate of drug-likeness (QED) is 0.331. The number of nitrogens with zero attached hydrogens (tertiary/aromatic N) is 2. The standard InChI is InChI=1S/C23H27N3O2S2/c1-3-14(2)26-22(28)18-16-12-8-5-9-13-17(16)29-21(18)25-23(26)30-19(20(24)27)15-10-6-4-7-11-15/h4,6-7,10-11,14,19H,3,5,8-9,12-13H2,1-2H3,(H2,24,27)/t14-,19-/m1/s1. The zero-order valence-corrected chi connectivity index (χ0v) is 19.0. The molecule has 0 bridgehead atoms. The van der Waals surface area contributed by atoms with Gasteiger partial charge >= 0.3 is 0 Å². The molecule has 0 radical (unpaired) electrons. The van der Waals surface area contributed by atoms with E-state index in [0.29, 0.717) is 5.16 Å². The Kier molecular flexibility index (Phi) is 6.29. The van der Waals surface area contributed by atoms with Gasteiger partial charge in [-0.05, 0) is 50.2 Å². The monoisotopic (exact) mass is 441 g/mol. The molecular formula is C23H27N3O2S2. The minimum atomic E-state index is -0.594. The van der Waals surface area contributed by atoms with E-state index in [-0.39, 0.29) is 11.6 Å². The molecule has 158 valence electrons. The van der Waals surface area contributed by atoms with Crippen LogP contribution in [0, 0.1) is 0 Å². The lowest BCUT2D eigenvalue weighted by Gasteiger charge is -2.20. The summed E-state index contributed by atoms with van der Waals surface area (Å²) in [5.41, 5.74) is 7.79. The van der Waals surface area contributed by atoms with Gasteiger partial charge in [0, 0.05) is 10.9 Å². The summed E-state index contributed by atoms with van der Waals surface area (Å²) in [6.07, 6.45) is 6.28. The molecule has 2 aromatic heterocycles. The number of primary amides is 1. The number of hydrogen-bond acceptors (Lipinski definition) is 5. The Labute approximate surface area is 184 Å². The molecule has 2 atom stereocenters. The van der Waals surface area contributed by atoms with Crippen LogP contribution in [-0.2, 0) is 17.6 Å². The Morgan fingerprint density at radius 1 is 1.23 bits per heavy atom. The molecule has 0 spiro atoms. The van der Waals surface area contributed by atoms with E-state index in [0.717, 1.165) is 41.5 Å². The second-order valence-corrected chi connectivity index (χ2v) is 10.0. The second-order valence-electron chi connectivity index (χ2n) is 7.88. The molecule has 2 N–H and O–H groups in total. The van der Waals surface area contributed by atoms with Crippen molar-refractivity contribution in [1.29, 1.82) is 0 Å². The van der Waals surface area contributed by atoms with Gasteiger partial charge < -0.3 is 5.73 Å². The van der Waals surface area contributed by atoms with E-state index >= 15 is 0 Å². The molecular weight excluding hydrogens is 414 g/mol. The maximum Gasteiger partial charge on any atom is 0.263 e. The van der Waals surface area contributed by atoms with Gasteiger partial charge in [0.15, 0.2) is 5.16 Å². The van der Waals surface area contributed by atoms with Crippen molar-refractivity contribution in [1.82, 2.24) is 9.55 Å². The number of carbonyl (C=O) groups excluding carboxylic acids is 1. The summed E-state index contributed by atoms with van der Waals surface area (Å²) in [7, 11) is 0. The van der Waals surface area contributed by atoms with E-state index in [1.165, 1.54) is 35.0 Å². The number of aromatic nitrogens is 2. The molecule has 1 aliphatic rings. The second kappa shape index (κ2) is 8.94. The van der Waals surface area contributed by atoms with E-state index in [2.05, 4.69) is 6.92 Å². The minimum Gasteiger partial charge on any atom is -0.368 e. The van der Waals surface area contributed by atoms with E-state index in [4.69, 9.17) is 10.7 Å². The van der Waals surface area contributed by atoms with Crippen molar-refractivity contribution in [3.63, 3.8) is 0 Å². The molecule has 7 heteroatoms. The number of aryl methyl sites for hydroxylation is 2. The third-order valence-electron chi connectivity index (χ3n) is 5.85. The van der Waals surface area contributed by atoms with E-state index < -0.39 is 11.2 Å². The summed E-state index contributed by atoms with van der Waals surface area (Å²) in [5, 5.41) is 0.770. The molecule has 1 amide bonds. The van der Waals surface area contributed by atoms with Crippen LogP contribution in [0.25, 0.3) is 10.2 Å². The Hall–Kier alpha value is -2.12. The summed E-state index contributed by atoms with van der Waals surface area (Å²) in [4.78, 5) is 33.0. The zero-order valence-electron chi connectivity index (χ0n) is 17.4. The zero-order chi connectivity index (χ0) is 21.3. The van der Waals surface area contributed by atoms with Gasteiger partial charge in [-0.2, -0.15) is 0 Å². The average molecular weight is 442 g/mol. The van der Waals surface area contributed by atoms with E-state index in [1.807, 2.05) is 37.3 Å². The first-order chi connectivity index (χ1) is 14.5. The Balaban J connectivity index is 1.88. The molecule has 0 saturated carbocycles. The number of benzene rings is 1. The predicted octanol–water partition coefficient (Wildman–Crippen LogP) is 5.02. The number of thioether (sulfide) groups is 1. The SMILES string of the molecule is CC[C@@H](C)n1c(S[C@@H](C(N)=O)c2ccccc2)nc2sc3c(c2c1=O)CCCCC3. The molecule has 30 heavy (non-hydrogen) atoms. The fourth-order valence-corrected chi connectivity index (χ4v) is 6.50. The Bertz CT molecular complexity index is 1120. The van der Waals surface area contributed by atoms with Gasteiger partial charge in [0.25, 0.3) is 5.56 Å². The van der Waals surface area contributed by atoms with Crippen molar-refractivity contribution in [2.45, 2.75) is 68.8 Å². The van der Waals surface area contributed by atoms with Gasteiger partial charge in [-0.15, -0.1) is 11.3 Å². The third-order valence-corrected chi connectivity index (χ3v) is 8.28.